The van der Waals surface area contributed by atoms with E-state index in [1.54, 1.807) is 42.6 Å². The van der Waals surface area contributed by atoms with Crippen LogP contribution < -0.4 is 10.1 Å². The summed E-state index contributed by atoms with van der Waals surface area (Å²) in [6.45, 7) is 0. The molecule has 0 atom stereocenters. The number of ether oxygens (including phenoxy) is 1. The minimum absolute atomic E-state index is 0.264. The van der Waals surface area contributed by atoms with E-state index in [-0.39, 0.29) is 16.0 Å². The van der Waals surface area contributed by atoms with Crippen LogP contribution in [-0.2, 0) is 0 Å². The third kappa shape index (κ3) is 3.52. The van der Waals surface area contributed by atoms with Crippen LogP contribution in [0.5, 0.6) is 5.75 Å². The second-order valence-corrected chi connectivity index (χ2v) is 6.66. The minimum atomic E-state index is -0.342. The normalized spacial score (nSPS) is 10.8. The Morgan fingerprint density at radius 2 is 1.82 bits per heavy atom. The molecule has 0 aliphatic heterocycles. The zero-order chi connectivity index (χ0) is 19.7. The van der Waals surface area contributed by atoms with E-state index in [4.69, 9.17) is 32.4 Å². The molecular weight excluding hydrogens is 401 g/mol. The topological polar surface area (TPSA) is 77.2 Å². The van der Waals surface area contributed by atoms with Crippen LogP contribution in [0, 0.1) is 0 Å². The highest BCUT2D eigenvalue weighted by molar-refractivity contribution is 6.37. The summed E-state index contributed by atoms with van der Waals surface area (Å²) < 4.78 is 10.8. The number of oxazole rings is 1. The number of rotatable bonds is 4. The van der Waals surface area contributed by atoms with Crippen LogP contribution in [0.4, 0.5) is 5.69 Å². The van der Waals surface area contributed by atoms with Gasteiger partial charge >= 0.3 is 0 Å². The number of nitrogens with zero attached hydrogens (tertiary/aromatic N) is 2. The summed E-state index contributed by atoms with van der Waals surface area (Å²) in [6.07, 6.45) is 1.66. The Labute approximate surface area is 170 Å². The summed E-state index contributed by atoms with van der Waals surface area (Å²) in [4.78, 5) is 21.0. The monoisotopic (exact) mass is 413 g/mol. The average molecular weight is 414 g/mol. The van der Waals surface area contributed by atoms with Gasteiger partial charge in [0, 0.05) is 23.0 Å². The first kappa shape index (κ1) is 18.3. The van der Waals surface area contributed by atoms with E-state index >= 15 is 0 Å². The molecule has 28 heavy (non-hydrogen) atoms. The SMILES string of the molecule is COc1c(Cl)cc(C(=O)Nc2ccc(-c3nc4ncccc4o3)cc2)cc1Cl. The third-order valence-electron chi connectivity index (χ3n) is 4.02. The van der Waals surface area contributed by atoms with Crippen LogP contribution in [0.2, 0.25) is 10.0 Å². The molecule has 0 bridgehead atoms. The number of fused-ring (bicyclic) bond motifs is 1. The summed E-state index contributed by atoms with van der Waals surface area (Å²) in [5.41, 5.74) is 2.86. The summed E-state index contributed by atoms with van der Waals surface area (Å²) in [6, 6.07) is 13.7. The van der Waals surface area contributed by atoms with E-state index in [2.05, 4.69) is 15.3 Å². The first-order valence-electron chi connectivity index (χ1n) is 8.21. The number of carbonyl (C=O) groups excluding carboxylic acids is 1. The third-order valence-corrected chi connectivity index (χ3v) is 4.58. The maximum Gasteiger partial charge on any atom is 0.255 e. The zero-order valence-electron chi connectivity index (χ0n) is 14.6. The molecule has 0 saturated heterocycles. The first-order chi connectivity index (χ1) is 13.5. The van der Waals surface area contributed by atoms with Crippen molar-refractivity contribution in [2.75, 3.05) is 12.4 Å². The minimum Gasteiger partial charge on any atom is -0.494 e. The van der Waals surface area contributed by atoms with Crippen molar-refractivity contribution in [2.24, 2.45) is 0 Å². The summed E-state index contributed by atoms with van der Waals surface area (Å²) in [5.74, 6) is 0.447. The van der Waals surface area contributed by atoms with Crippen molar-refractivity contribution in [1.29, 1.82) is 0 Å². The largest absolute Gasteiger partial charge is 0.494 e. The first-order valence-corrected chi connectivity index (χ1v) is 8.97. The van der Waals surface area contributed by atoms with E-state index < -0.39 is 0 Å². The van der Waals surface area contributed by atoms with E-state index in [1.165, 1.54) is 19.2 Å². The number of hydrogen-bond donors (Lipinski definition) is 1. The molecule has 140 valence electrons. The highest BCUT2D eigenvalue weighted by Crippen LogP contribution is 2.34. The fourth-order valence-corrected chi connectivity index (χ4v) is 3.32. The number of benzene rings is 2. The molecule has 1 amide bonds. The fourth-order valence-electron chi connectivity index (χ4n) is 2.68. The van der Waals surface area contributed by atoms with Gasteiger partial charge in [-0.1, -0.05) is 23.2 Å². The molecule has 2 aromatic carbocycles. The number of hydrogen-bond acceptors (Lipinski definition) is 5. The van der Waals surface area contributed by atoms with E-state index in [0.717, 1.165) is 5.56 Å². The lowest BCUT2D eigenvalue weighted by atomic mass is 10.1. The molecule has 0 aliphatic rings. The van der Waals surface area contributed by atoms with Gasteiger partial charge in [-0.05, 0) is 48.5 Å². The van der Waals surface area contributed by atoms with Gasteiger partial charge in [0.2, 0.25) is 5.89 Å². The van der Waals surface area contributed by atoms with E-state index in [1.807, 2.05) is 0 Å². The Balaban J connectivity index is 1.53. The van der Waals surface area contributed by atoms with Gasteiger partial charge in [-0.2, -0.15) is 4.98 Å². The number of carbonyl (C=O) groups is 1. The molecule has 0 saturated carbocycles. The predicted octanol–water partition coefficient (Wildman–Crippen LogP) is 5.46. The average Bonchev–Trinajstić information content (AvgIpc) is 3.12. The number of methoxy groups -OCH3 is 1. The summed E-state index contributed by atoms with van der Waals surface area (Å²) in [7, 11) is 1.46. The van der Waals surface area contributed by atoms with Crippen LogP contribution in [0.1, 0.15) is 10.4 Å². The predicted molar refractivity (Wildman–Crippen MR) is 108 cm³/mol. The molecule has 6 nitrogen and oxygen atoms in total. The molecule has 1 N–H and O–H groups in total. The Kier molecular flexibility index (Phi) is 4.90. The fraction of sp³-hybridized carbons (Fsp3) is 0.0500. The number of halogens is 2. The lowest BCUT2D eigenvalue weighted by Crippen LogP contribution is -2.12. The van der Waals surface area contributed by atoms with Gasteiger partial charge in [0.1, 0.15) is 0 Å². The van der Waals surface area contributed by atoms with Gasteiger partial charge in [-0.25, -0.2) is 4.98 Å². The highest BCUT2D eigenvalue weighted by atomic mass is 35.5. The number of nitrogens with one attached hydrogen (secondary N) is 1. The molecule has 8 heteroatoms. The molecule has 0 radical (unpaired) electrons. The van der Waals surface area contributed by atoms with Crippen LogP contribution in [0.25, 0.3) is 22.7 Å². The molecule has 0 unspecified atom stereocenters. The quantitative estimate of drug-likeness (QED) is 0.480. The van der Waals surface area contributed by atoms with Crippen LogP contribution in [0.3, 0.4) is 0 Å². The zero-order valence-corrected chi connectivity index (χ0v) is 16.1. The second-order valence-electron chi connectivity index (χ2n) is 5.85. The Hall–Kier alpha value is -3.09. The van der Waals surface area contributed by atoms with Gasteiger partial charge < -0.3 is 14.5 Å². The Morgan fingerprint density at radius 3 is 2.46 bits per heavy atom. The van der Waals surface area contributed by atoms with Gasteiger partial charge in [0.05, 0.1) is 17.2 Å². The van der Waals surface area contributed by atoms with Gasteiger partial charge in [-0.15, -0.1) is 0 Å². The van der Waals surface area contributed by atoms with Crippen molar-refractivity contribution < 1.29 is 13.9 Å². The number of pyridine rings is 1. The maximum atomic E-state index is 12.5. The van der Waals surface area contributed by atoms with Gasteiger partial charge in [0.25, 0.3) is 5.91 Å². The molecule has 0 aliphatic carbocycles. The number of anilines is 1. The standard InChI is InChI=1S/C20H13Cl2N3O3/c1-27-17-14(21)9-12(10-15(17)22)19(26)24-13-6-4-11(5-7-13)20-25-18-16(28-20)3-2-8-23-18/h2-10H,1H3,(H,24,26). The summed E-state index contributed by atoms with van der Waals surface area (Å²) >= 11 is 12.2. The molecular formula is C20H13Cl2N3O3. The maximum absolute atomic E-state index is 12.5. The van der Waals surface area contributed by atoms with Gasteiger partial charge in [0.15, 0.2) is 17.0 Å². The lowest BCUT2D eigenvalue weighted by molar-refractivity contribution is 0.102. The van der Waals surface area contributed by atoms with Crippen LogP contribution in [0.15, 0.2) is 59.1 Å². The Bertz CT molecular complexity index is 1120. The summed E-state index contributed by atoms with van der Waals surface area (Å²) in [5, 5.41) is 3.32. The van der Waals surface area contributed by atoms with E-state index in [9.17, 15) is 4.79 Å². The van der Waals surface area contributed by atoms with Crippen molar-refractivity contribution in [3.05, 3.63) is 70.3 Å². The van der Waals surface area contributed by atoms with Crippen LogP contribution in [-0.4, -0.2) is 23.0 Å². The van der Waals surface area contributed by atoms with E-state index in [0.29, 0.717) is 34.1 Å². The molecule has 2 heterocycles. The smallest absolute Gasteiger partial charge is 0.255 e. The van der Waals surface area contributed by atoms with Crippen molar-refractivity contribution >= 4 is 46.0 Å². The van der Waals surface area contributed by atoms with Crippen LogP contribution >= 0.6 is 23.2 Å². The molecule has 0 spiro atoms. The molecule has 2 aromatic heterocycles. The molecule has 4 rings (SSSR count). The highest BCUT2D eigenvalue weighted by Gasteiger charge is 2.14. The van der Waals surface area contributed by atoms with Crippen molar-refractivity contribution in [1.82, 2.24) is 9.97 Å². The number of aromatic nitrogens is 2. The van der Waals surface area contributed by atoms with Crippen molar-refractivity contribution in [3.8, 4) is 17.2 Å². The molecule has 4 aromatic rings. The lowest BCUT2D eigenvalue weighted by Gasteiger charge is -2.09. The Morgan fingerprint density at radius 1 is 1.11 bits per heavy atom. The molecule has 0 fully saturated rings. The van der Waals surface area contributed by atoms with Crippen molar-refractivity contribution in [2.45, 2.75) is 0 Å². The van der Waals surface area contributed by atoms with Crippen molar-refractivity contribution in [3.63, 3.8) is 0 Å². The van der Waals surface area contributed by atoms with Gasteiger partial charge in [-0.3, -0.25) is 4.79 Å². The second kappa shape index (κ2) is 7.50. The number of amides is 1.